The fourth-order valence-electron chi connectivity index (χ4n) is 11.0. The summed E-state index contributed by atoms with van der Waals surface area (Å²) in [4.78, 5) is 70.2. The predicted molar refractivity (Wildman–Crippen MR) is 436 cm³/mol. The van der Waals surface area contributed by atoms with Gasteiger partial charge >= 0.3 is 116 Å². The molecule has 0 saturated heterocycles. The molecule has 7 heterocycles. The molecule has 0 fully saturated rings. The largest absolute Gasteiger partial charge is 1.00 e. The number of carbonyl (C=O) groups excluding carboxylic acids is 4. The first-order valence-corrected chi connectivity index (χ1v) is 35.5. The average Bonchev–Trinajstić information content (AvgIpc) is 1.59. The van der Waals surface area contributed by atoms with Gasteiger partial charge in [0.2, 0.25) is 0 Å². The van der Waals surface area contributed by atoms with Gasteiger partial charge in [0.25, 0.3) is 6.47 Å². The van der Waals surface area contributed by atoms with E-state index in [1.807, 2.05) is 148 Å². The molecule has 0 spiro atoms. The Bertz CT molecular complexity index is 5370. The maximum absolute atomic E-state index is 11.7. The summed E-state index contributed by atoms with van der Waals surface area (Å²) in [6.07, 6.45) is 14.7. The van der Waals surface area contributed by atoms with Gasteiger partial charge in [0, 0.05) is 79.3 Å². The number of H-pyrrole nitrogens is 1. The SMILES string of the molecule is CC=C(C)C.ClCc1cccc2ccccc12.O=C(O)c1ccc(-c2cccnc2)n1Cc1cccc2ccccc12.O=CO[O-].O=Cc1ccc(-c2cccnc2)n1Cc1cccc2ccccc12.O=Cc1ccc(Br)[nH]1.O=Cc1ccc(Br)n1Cc1cccc2ccccc12.OB(O)c1cccnc1.[2H]CF.[H-].[K+].[K+]. The van der Waals surface area contributed by atoms with Gasteiger partial charge in [-0.25, -0.2) is 4.79 Å². The zero-order valence-corrected chi connectivity index (χ0v) is 71.3. The number of fused-ring (bicyclic) bond motifs is 4. The normalized spacial score (nSPS) is 9.93. The quantitative estimate of drug-likeness (QED) is 0.0186. The number of carboxylic acids is 1. The number of nitrogens with zero attached hydrogens (tertiary/aromatic N) is 6. The minimum absolute atomic E-state index is 0. The first-order valence-electron chi connectivity index (χ1n) is 34.1. The fraction of sp³-hybridized carbons (Fsp3) is 0.0930. The van der Waals surface area contributed by atoms with Gasteiger partial charge < -0.3 is 45.4 Å². The van der Waals surface area contributed by atoms with Gasteiger partial charge in [-0.3, -0.25) is 38.5 Å². The molecule has 7 aromatic heterocycles. The first kappa shape index (κ1) is 90.3. The molecule has 8 aromatic carbocycles. The summed E-state index contributed by atoms with van der Waals surface area (Å²) < 4.78 is 23.1. The van der Waals surface area contributed by atoms with Crippen molar-refractivity contribution in [2.24, 2.45) is 0 Å². The van der Waals surface area contributed by atoms with Crippen molar-refractivity contribution in [2.75, 3.05) is 7.15 Å². The van der Waals surface area contributed by atoms with Crippen LogP contribution >= 0.6 is 43.5 Å². The first-order chi connectivity index (χ1) is 53.0. The van der Waals surface area contributed by atoms with Crippen LogP contribution in [0.1, 0.15) is 87.8 Å². The van der Waals surface area contributed by atoms with E-state index < -0.39 is 20.2 Å². The summed E-state index contributed by atoms with van der Waals surface area (Å²) in [6, 6.07) is 83.4. The number of aromatic nitrogens is 7. The molecule has 0 atom stereocenters. The molecule has 0 amide bonds. The zero-order chi connectivity index (χ0) is 78.3. The van der Waals surface area contributed by atoms with Crippen molar-refractivity contribution in [2.45, 2.75) is 46.3 Å². The number of allylic oxidation sites excluding steroid dienone is 2. The van der Waals surface area contributed by atoms with Crippen LogP contribution in [0.3, 0.4) is 0 Å². The number of carboxylic acid groups (broad SMARTS) is 1. The Balaban J connectivity index is 0.000000283. The molecule has 4 N–H and O–H groups in total. The van der Waals surface area contributed by atoms with E-state index in [1.165, 1.54) is 60.8 Å². The Kier molecular flexibility index (Phi) is 41.4. The predicted octanol–water partition coefficient (Wildman–Crippen LogP) is 12.3. The molecule has 15 rings (SSSR count). The summed E-state index contributed by atoms with van der Waals surface area (Å²) in [5.41, 5.74) is 12.4. The molecule has 0 aliphatic carbocycles. The van der Waals surface area contributed by atoms with Crippen LogP contribution < -0.4 is 113 Å². The van der Waals surface area contributed by atoms with Gasteiger partial charge in [0.1, 0.15) is 5.69 Å². The van der Waals surface area contributed by atoms with E-state index in [9.17, 15) is 28.7 Å². The number of nitrogens with one attached hydrogen (secondary N) is 1. The smallest absolute Gasteiger partial charge is 1.00 e. The number of hydrogen-bond donors (Lipinski definition) is 4. The Hall–Kier alpha value is -8.54. The molecule has 0 aliphatic rings. The van der Waals surface area contributed by atoms with E-state index in [2.05, 4.69) is 180 Å². The Morgan fingerprint density at radius 3 is 1.27 bits per heavy atom. The van der Waals surface area contributed by atoms with Crippen LogP contribution in [0.15, 0.2) is 313 Å². The molecule has 17 nitrogen and oxygen atoms in total. The second-order valence-corrected chi connectivity index (χ2v) is 25.3. The van der Waals surface area contributed by atoms with Crippen LogP contribution in [0, 0.1) is 0 Å². The number of pyridine rings is 3. The number of aromatic carboxylic acids is 1. The van der Waals surface area contributed by atoms with Gasteiger partial charge in [-0.2, -0.15) is 0 Å². The van der Waals surface area contributed by atoms with Crippen molar-refractivity contribution in [3.8, 4) is 22.5 Å². The van der Waals surface area contributed by atoms with Gasteiger partial charge in [0.05, 0.1) is 46.2 Å². The third-order valence-electron chi connectivity index (χ3n) is 16.4. The molecule has 110 heavy (non-hydrogen) atoms. The van der Waals surface area contributed by atoms with E-state index in [0.717, 1.165) is 66.9 Å². The molecular weight excluding hydrogens is 1590 g/mol. The van der Waals surface area contributed by atoms with Crippen molar-refractivity contribution in [1.82, 2.24) is 33.6 Å². The van der Waals surface area contributed by atoms with Crippen LogP contribution in [0.4, 0.5) is 4.39 Å². The summed E-state index contributed by atoms with van der Waals surface area (Å²) in [7, 11) is -2.40. The maximum atomic E-state index is 11.7. The Labute approximate surface area is 748 Å². The minimum atomic E-state index is -1.40. The topological polar surface area (TPSA) is 248 Å². The summed E-state index contributed by atoms with van der Waals surface area (Å²) in [5.74, 6) is -0.350. The van der Waals surface area contributed by atoms with Crippen LogP contribution in [-0.2, 0) is 35.2 Å². The number of alkyl halides is 2. The summed E-state index contributed by atoms with van der Waals surface area (Å²) >= 11 is 12.4. The number of aromatic amines is 1. The number of benzene rings is 8. The van der Waals surface area contributed by atoms with Crippen LogP contribution in [0.2, 0.25) is 0 Å². The van der Waals surface area contributed by atoms with Crippen molar-refractivity contribution in [3.05, 3.63) is 358 Å². The molecule has 0 unspecified atom stereocenters. The number of carbonyl (C=O) groups is 5. The minimum Gasteiger partial charge on any atom is -1.00 e. The Morgan fingerprint density at radius 1 is 0.536 bits per heavy atom. The van der Waals surface area contributed by atoms with Crippen LogP contribution in [0.5, 0.6) is 0 Å². The van der Waals surface area contributed by atoms with Gasteiger partial charge in [-0.15, -0.1) is 11.6 Å². The van der Waals surface area contributed by atoms with Gasteiger partial charge in [0.15, 0.2) is 18.9 Å². The molecule has 15 aromatic rings. The third-order valence-corrected chi connectivity index (χ3v) is 17.8. The van der Waals surface area contributed by atoms with E-state index in [0.29, 0.717) is 48.1 Å². The summed E-state index contributed by atoms with van der Waals surface area (Å²) in [5, 5.41) is 44.7. The van der Waals surface area contributed by atoms with Crippen molar-refractivity contribution in [3.63, 3.8) is 0 Å². The molecule has 0 radical (unpaired) electrons. The van der Waals surface area contributed by atoms with Crippen molar-refractivity contribution in [1.29, 1.82) is 0 Å². The number of rotatable bonds is 15. The van der Waals surface area contributed by atoms with Crippen LogP contribution in [0.25, 0.3) is 65.6 Å². The summed E-state index contributed by atoms with van der Waals surface area (Å²) in [6.45, 7) is 7.84. The molecule has 0 bridgehead atoms. The monoisotopic (exact) mass is 1670 g/mol. The van der Waals surface area contributed by atoms with E-state index in [-0.39, 0.29) is 116 Å². The van der Waals surface area contributed by atoms with Gasteiger partial charge in [-0.05, 0) is 197 Å². The standard InChI is InChI=1S/C21H16N2O2.C21H16N2O.C16H12BrNO.C11H9Cl.C5H6BNO2.C5H4BrNO.C5H10.CH3F.CH2O3.2K.H/c24-21(25)20-11-10-19(16-8-4-12-22-13-16)23(20)14-17-7-3-6-15-5-1-2-9-18(15)17;24-15-19-10-11-21(17-8-4-12-22-13-17)23(19)14-18-7-3-6-16-5-1-2-9-20(16)18;17-16-9-8-14(11-19)18(16)10-13-6-3-5-12-4-1-2-7-15(12)13;12-8-10-6-3-5-9-4-1-2-7-11(9)10;8-6(9)5-2-1-3-7-4-5;6-5-2-1-4(3-8)7-5;1-4-5(2)3;1-2;2-1-4-3;;;/h1-13H,14H2,(H,24,25);1-13,15H,14H2;1-9,11H,10H2;1-7H,8H2;1-4,8-9H;1-3,7H;4H,1-3H3;1H3;1,3H;;;/q;;;;;;;;;2*+1;-1/p-1/i;;;;;;;1D;;;;. The molecular formula is C86H78BBr2ClFK2N7O10. The average molecular weight is 1670 g/mol. The van der Waals surface area contributed by atoms with E-state index in [4.69, 9.17) is 33.1 Å². The third kappa shape index (κ3) is 27.7. The molecule has 550 valence electrons. The van der Waals surface area contributed by atoms with E-state index >= 15 is 0 Å². The molecule has 0 saturated carbocycles. The molecule has 0 aliphatic heterocycles. The zero-order valence-electron chi connectivity index (χ0n) is 63.1. The number of halogens is 4. The Morgan fingerprint density at radius 2 is 0.918 bits per heavy atom. The maximum Gasteiger partial charge on any atom is 1.00 e. The second kappa shape index (κ2) is 50.4. The number of hydrogen-bond acceptors (Lipinski definition) is 12. The molecule has 24 heteroatoms. The van der Waals surface area contributed by atoms with Crippen molar-refractivity contribution < 1.29 is 159 Å². The van der Waals surface area contributed by atoms with Gasteiger partial charge in [-0.1, -0.05) is 188 Å². The second-order valence-electron chi connectivity index (χ2n) is 23.4. The van der Waals surface area contributed by atoms with E-state index in [1.54, 1.807) is 55.1 Å². The van der Waals surface area contributed by atoms with Crippen LogP contribution in [-0.4, -0.2) is 94.4 Å². The fourth-order valence-corrected chi connectivity index (χ4v) is 12.1. The van der Waals surface area contributed by atoms with Crippen molar-refractivity contribution >= 4 is 130 Å². The number of aldehydes is 3.